The van der Waals surface area contributed by atoms with Crippen molar-refractivity contribution in [3.05, 3.63) is 60.9 Å². The highest BCUT2D eigenvalue weighted by Crippen LogP contribution is 2.22. The van der Waals surface area contributed by atoms with Crippen LogP contribution in [0.5, 0.6) is 0 Å². The summed E-state index contributed by atoms with van der Waals surface area (Å²) in [5.74, 6) is 1.69. The average molecular weight is 278 g/mol. The van der Waals surface area contributed by atoms with Crippen molar-refractivity contribution in [2.45, 2.75) is 26.2 Å². The zero-order valence-electron chi connectivity index (χ0n) is 12.5. The minimum atomic E-state index is -0.0482. The number of hydrogen-bond acceptors (Lipinski definition) is 3. The van der Waals surface area contributed by atoms with Gasteiger partial charge in [-0.2, -0.15) is 0 Å². The molecule has 0 bridgehead atoms. The minimum Gasteiger partial charge on any atom is -0.300 e. The molecule has 0 atom stereocenters. The van der Waals surface area contributed by atoms with Crippen molar-refractivity contribution in [3.8, 4) is 17.1 Å². The van der Waals surface area contributed by atoms with Crippen molar-refractivity contribution in [2.24, 2.45) is 0 Å². The fraction of sp³-hybridized carbons (Fsp3) is 0.235. The summed E-state index contributed by atoms with van der Waals surface area (Å²) in [5.41, 5.74) is 1.94. The number of benzene rings is 1. The highest BCUT2D eigenvalue weighted by molar-refractivity contribution is 5.56. The van der Waals surface area contributed by atoms with Crippen LogP contribution in [0.4, 0.5) is 0 Å². The Morgan fingerprint density at radius 3 is 2.19 bits per heavy atom. The lowest BCUT2D eigenvalue weighted by atomic mass is 9.96. The van der Waals surface area contributed by atoms with Crippen LogP contribution in [0.3, 0.4) is 0 Å². The monoisotopic (exact) mass is 278 g/mol. The molecule has 0 spiro atoms. The van der Waals surface area contributed by atoms with E-state index >= 15 is 0 Å². The van der Waals surface area contributed by atoms with E-state index in [0.29, 0.717) is 0 Å². The lowest BCUT2D eigenvalue weighted by molar-refractivity contribution is 0.545. The molecule has 0 radical (unpaired) electrons. The van der Waals surface area contributed by atoms with Gasteiger partial charge in [-0.25, -0.2) is 15.0 Å². The first-order chi connectivity index (χ1) is 10.1. The largest absolute Gasteiger partial charge is 0.300 e. The zero-order chi connectivity index (χ0) is 14.9. The Kier molecular flexibility index (Phi) is 3.29. The molecule has 0 saturated heterocycles. The number of nitrogens with zero attached hydrogens (tertiary/aromatic N) is 4. The zero-order valence-corrected chi connectivity index (χ0v) is 12.5. The lowest BCUT2D eigenvalue weighted by Crippen LogP contribution is -2.15. The Labute approximate surface area is 124 Å². The normalized spacial score (nSPS) is 11.6. The van der Waals surface area contributed by atoms with Gasteiger partial charge in [0.2, 0.25) is 0 Å². The maximum absolute atomic E-state index is 4.48. The Balaban J connectivity index is 2.01. The lowest BCUT2D eigenvalue weighted by Gasteiger charge is -2.16. The van der Waals surface area contributed by atoms with Crippen molar-refractivity contribution in [1.82, 2.24) is 19.5 Å². The SMILES string of the molecule is CC(C)(C)c1ncc(-c2nccn2-c2ccccc2)cn1. The molecule has 3 aromatic rings. The predicted molar refractivity (Wildman–Crippen MR) is 83.3 cm³/mol. The fourth-order valence-electron chi connectivity index (χ4n) is 2.14. The molecule has 3 rings (SSSR count). The first-order valence-electron chi connectivity index (χ1n) is 6.97. The molecule has 0 aliphatic carbocycles. The predicted octanol–water partition coefficient (Wildman–Crippen LogP) is 3.63. The van der Waals surface area contributed by atoms with Crippen LogP contribution in [0.15, 0.2) is 55.1 Å². The number of para-hydroxylation sites is 1. The van der Waals surface area contributed by atoms with Gasteiger partial charge >= 0.3 is 0 Å². The van der Waals surface area contributed by atoms with E-state index in [-0.39, 0.29) is 5.41 Å². The van der Waals surface area contributed by atoms with E-state index in [0.717, 1.165) is 22.9 Å². The van der Waals surface area contributed by atoms with Crippen LogP contribution < -0.4 is 0 Å². The van der Waals surface area contributed by atoms with Crippen molar-refractivity contribution in [1.29, 1.82) is 0 Å². The van der Waals surface area contributed by atoms with Gasteiger partial charge in [0.15, 0.2) is 0 Å². The molecule has 4 heteroatoms. The van der Waals surface area contributed by atoms with E-state index in [1.54, 1.807) is 6.20 Å². The van der Waals surface area contributed by atoms with E-state index in [1.807, 2.05) is 41.4 Å². The van der Waals surface area contributed by atoms with Crippen molar-refractivity contribution in [2.75, 3.05) is 0 Å². The summed E-state index contributed by atoms with van der Waals surface area (Å²) < 4.78 is 2.04. The van der Waals surface area contributed by atoms with E-state index < -0.39 is 0 Å². The summed E-state index contributed by atoms with van der Waals surface area (Å²) in [7, 11) is 0. The quantitative estimate of drug-likeness (QED) is 0.719. The molecule has 0 saturated carbocycles. The average Bonchev–Trinajstić information content (AvgIpc) is 2.97. The summed E-state index contributed by atoms with van der Waals surface area (Å²) in [4.78, 5) is 13.4. The second-order valence-corrected chi connectivity index (χ2v) is 6.00. The molecule has 1 aromatic carbocycles. The van der Waals surface area contributed by atoms with E-state index in [1.165, 1.54) is 0 Å². The number of aromatic nitrogens is 4. The Morgan fingerprint density at radius 1 is 0.905 bits per heavy atom. The first kappa shape index (κ1) is 13.5. The van der Waals surface area contributed by atoms with Gasteiger partial charge in [-0.15, -0.1) is 0 Å². The number of hydrogen-bond donors (Lipinski definition) is 0. The summed E-state index contributed by atoms with van der Waals surface area (Å²) in [5, 5.41) is 0. The third kappa shape index (κ3) is 2.70. The van der Waals surface area contributed by atoms with Crippen LogP contribution in [-0.4, -0.2) is 19.5 Å². The molecule has 21 heavy (non-hydrogen) atoms. The van der Waals surface area contributed by atoms with Crippen LogP contribution in [0.2, 0.25) is 0 Å². The summed E-state index contributed by atoms with van der Waals surface area (Å²) >= 11 is 0. The Morgan fingerprint density at radius 2 is 1.57 bits per heavy atom. The van der Waals surface area contributed by atoms with Gasteiger partial charge < -0.3 is 0 Å². The third-order valence-electron chi connectivity index (χ3n) is 3.26. The van der Waals surface area contributed by atoms with Gasteiger partial charge in [-0.05, 0) is 12.1 Å². The maximum atomic E-state index is 4.48. The highest BCUT2D eigenvalue weighted by Gasteiger charge is 2.17. The van der Waals surface area contributed by atoms with E-state index in [4.69, 9.17) is 0 Å². The summed E-state index contributed by atoms with van der Waals surface area (Å²) in [6.07, 6.45) is 7.42. The molecule has 106 valence electrons. The second-order valence-electron chi connectivity index (χ2n) is 6.00. The Bertz CT molecular complexity index is 721. The maximum Gasteiger partial charge on any atom is 0.147 e. The van der Waals surface area contributed by atoms with E-state index in [2.05, 4.69) is 47.9 Å². The molecule has 0 aliphatic heterocycles. The summed E-state index contributed by atoms with van der Waals surface area (Å²) in [6.45, 7) is 6.31. The van der Waals surface area contributed by atoms with Crippen LogP contribution in [0, 0.1) is 0 Å². The molecule has 0 unspecified atom stereocenters. The van der Waals surface area contributed by atoms with Gasteiger partial charge in [-0.1, -0.05) is 39.0 Å². The molecule has 0 fully saturated rings. The van der Waals surface area contributed by atoms with Gasteiger partial charge in [0.25, 0.3) is 0 Å². The number of rotatable bonds is 2. The number of imidazole rings is 1. The minimum absolute atomic E-state index is 0.0482. The topological polar surface area (TPSA) is 43.6 Å². The molecular weight excluding hydrogens is 260 g/mol. The molecule has 0 amide bonds. The molecule has 4 nitrogen and oxygen atoms in total. The van der Waals surface area contributed by atoms with Crippen LogP contribution >= 0.6 is 0 Å². The first-order valence-corrected chi connectivity index (χ1v) is 6.97. The Hall–Kier alpha value is -2.49. The van der Waals surface area contributed by atoms with Crippen LogP contribution in [0.25, 0.3) is 17.1 Å². The third-order valence-corrected chi connectivity index (χ3v) is 3.26. The van der Waals surface area contributed by atoms with Gasteiger partial charge in [-0.3, -0.25) is 4.57 Å². The van der Waals surface area contributed by atoms with Crippen molar-refractivity contribution in [3.63, 3.8) is 0 Å². The fourth-order valence-corrected chi connectivity index (χ4v) is 2.14. The van der Waals surface area contributed by atoms with Crippen LogP contribution in [0.1, 0.15) is 26.6 Å². The van der Waals surface area contributed by atoms with Gasteiger partial charge in [0, 0.05) is 35.9 Å². The van der Waals surface area contributed by atoms with Gasteiger partial charge in [0.1, 0.15) is 11.6 Å². The van der Waals surface area contributed by atoms with Gasteiger partial charge in [0.05, 0.1) is 5.56 Å². The molecule has 0 aliphatic rings. The standard InChI is InChI=1S/C17H18N4/c1-17(2,3)16-19-11-13(12-20-16)15-18-9-10-21(15)14-7-5-4-6-8-14/h4-12H,1-3H3. The van der Waals surface area contributed by atoms with E-state index in [9.17, 15) is 0 Å². The molecule has 2 aromatic heterocycles. The summed E-state index contributed by atoms with van der Waals surface area (Å²) in [6, 6.07) is 10.1. The molecular formula is C17H18N4. The van der Waals surface area contributed by atoms with Crippen LogP contribution in [-0.2, 0) is 5.41 Å². The highest BCUT2D eigenvalue weighted by atomic mass is 15.1. The van der Waals surface area contributed by atoms with Crippen molar-refractivity contribution >= 4 is 0 Å². The van der Waals surface area contributed by atoms with Crippen molar-refractivity contribution < 1.29 is 0 Å². The smallest absolute Gasteiger partial charge is 0.147 e. The second kappa shape index (κ2) is 5.13. The molecule has 0 N–H and O–H groups in total. The molecule has 2 heterocycles.